The summed E-state index contributed by atoms with van der Waals surface area (Å²) in [4.78, 5) is 35.1. The van der Waals surface area contributed by atoms with Crippen LogP contribution in [0.1, 0.15) is 48.9 Å². The Labute approximate surface area is 151 Å². The minimum Gasteiger partial charge on any atom is -0.368 e. The molecule has 0 aromatic heterocycles. The highest BCUT2D eigenvalue weighted by Gasteiger charge is 2.56. The van der Waals surface area contributed by atoms with Gasteiger partial charge in [0.15, 0.2) is 0 Å². The van der Waals surface area contributed by atoms with E-state index in [-0.39, 0.29) is 11.1 Å². The van der Waals surface area contributed by atoms with Gasteiger partial charge in [-0.25, -0.2) is 0 Å². The maximum atomic E-state index is 12.6. The summed E-state index contributed by atoms with van der Waals surface area (Å²) >= 11 is 0. The van der Waals surface area contributed by atoms with E-state index in [1.807, 2.05) is 0 Å². The number of nitrogens with one attached hydrogen (secondary N) is 1. The molecule has 2 amide bonds. The average Bonchev–Trinajstić information content (AvgIpc) is 2.58. The van der Waals surface area contributed by atoms with Gasteiger partial charge in [0.1, 0.15) is 6.04 Å². The number of nitrogens with two attached hydrogens (primary N) is 1. The molecule has 1 aromatic carbocycles. The van der Waals surface area contributed by atoms with Crippen molar-refractivity contribution in [2.45, 2.75) is 44.6 Å². The van der Waals surface area contributed by atoms with E-state index in [0.717, 1.165) is 19.3 Å². The number of nitro groups is 1. The maximum absolute atomic E-state index is 12.6. The first kappa shape index (κ1) is 17.0. The molecule has 0 radical (unpaired) electrons. The van der Waals surface area contributed by atoms with Gasteiger partial charge in [-0.1, -0.05) is 0 Å². The second kappa shape index (κ2) is 6.07. The van der Waals surface area contributed by atoms with Gasteiger partial charge >= 0.3 is 0 Å². The van der Waals surface area contributed by atoms with E-state index in [4.69, 9.17) is 5.73 Å². The van der Waals surface area contributed by atoms with Gasteiger partial charge in [0.2, 0.25) is 5.91 Å². The van der Waals surface area contributed by atoms with Gasteiger partial charge in [-0.2, -0.15) is 0 Å². The fourth-order valence-electron chi connectivity index (χ4n) is 6.01. The van der Waals surface area contributed by atoms with Crippen LogP contribution in [0.3, 0.4) is 0 Å². The lowest BCUT2D eigenvalue weighted by Gasteiger charge is -2.58. The molecular weight excluding hydrogens is 334 g/mol. The fourth-order valence-corrected chi connectivity index (χ4v) is 6.01. The van der Waals surface area contributed by atoms with Crippen molar-refractivity contribution < 1.29 is 14.5 Å². The van der Waals surface area contributed by atoms with E-state index in [9.17, 15) is 19.7 Å². The summed E-state index contributed by atoms with van der Waals surface area (Å²) in [5.41, 5.74) is 5.70. The minimum absolute atomic E-state index is 0.0749. The fraction of sp³-hybridized carbons (Fsp3) is 0.579. The van der Waals surface area contributed by atoms with Crippen LogP contribution in [0.15, 0.2) is 24.3 Å². The monoisotopic (exact) mass is 357 g/mol. The van der Waals surface area contributed by atoms with Crippen molar-refractivity contribution in [3.8, 4) is 0 Å². The molecule has 4 saturated carbocycles. The number of carbonyl (C=O) groups is 2. The lowest BCUT2D eigenvalue weighted by atomic mass is 9.47. The molecule has 26 heavy (non-hydrogen) atoms. The van der Waals surface area contributed by atoms with Gasteiger partial charge in [0.25, 0.3) is 11.6 Å². The van der Waals surface area contributed by atoms with Crippen molar-refractivity contribution in [1.29, 1.82) is 0 Å². The zero-order valence-electron chi connectivity index (χ0n) is 14.5. The highest BCUT2D eigenvalue weighted by atomic mass is 16.6. The summed E-state index contributed by atoms with van der Waals surface area (Å²) in [6, 6.07) is 4.72. The first-order chi connectivity index (χ1) is 12.4. The van der Waals surface area contributed by atoms with Gasteiger partial charge in [-0.3, -0.25) is 19.7 Å². The van der Waals surface area contributed by atoms with E-state index in [1.54, 1.807) is 0 Å². The summed E-state index contributed by atoms with van der Waals surface area (Å²) in [7, 11) is 0. The number of nitrogens with zero attached hydrogens (tertiary/aromatic N) is 1. The molecule has 1 atom stereocenters. The maximum Gasteiger partial charge on any atom is 0.269 e. The number of benzene rings is 1. The second-order valence-electron chi connectivity index (χ2n) is 8.39. The van der Waals surface area contributed by atoms with Crippen molar-refractivity contribution in [2.24, 2.45) is 28.9 Å². The molecule has 7 heteroatoms. The predicted molar refractivity (Wildman–Crippen MR) is 94.2 cm³/mol. The van der Waals surface area contributed by atoms with Gasteiger partial charge in [-0.05, 0) is 68.4 Å². The van der Waals surface area contributed by atoms with Crippen molar-refractivity contribution >= 4 is 17.5 Å². The molecule has 4 aliphatic carbocycles. The Hall–Kier alpha value is -2.44. The highest BCUT2D eigenvalue weighted by Crippen LogP contribution is 2.61. The Bertz CT molecular complexity index is 723. The smallest absolute Gasteiger partial charge is 0.269 e. The zero-order valence-corrected chi connectivity index (χ0v) is 14.5. The molecule has 0 unspecified atom stereocenters. The van der Waals surface area contributed by atoms with Crippen LogP contribution in [0.5, 0.6) is 0 Å². The third kappa shape index (κ3) is 2.85. The summed E-state index contributed by atoms with van der Waals surface area (Å²) in [5.74, 6) is 1.03. The topological polar surface area (TPSA) is 115 Å². The number of non-ortho nitro benzene ring substituents is 1. The first-order valence-corrected chi connectivity index (χ1v) is 9.21. The number of carbonyl (C=O) groups excluding carboxylic acids is 2. The third-order valence-corrected chi connectivity index (χ3v) is 6.60. The number of amides is 2. The van der Waals surface area contributed by atoms with Gasteiger partial charge in [0, 0.05) is 23.1 Å². The molecule has 5 rings (SSSR count). The lowest BCUT2D eigenvalue weighted by Crippen LogP contribution is -2.61. The molecule has 0 saturated heterocycles. The molecule has 138 valence electrons. The van der Waals surface area contributed by atoms with Crippen molar-refractivity contribution in [3.63, 3.8) is 0 Å². The van der Waals surface area contributed by atoms with Crippen molar-refractivity contribution in [1.82, 2.24) is 5.32 Å². The Morgan fingerprint density at radius 3 is 2.00 bits per heavy atom. The molecule has 0 aliphatic heterocycles. The standard InChI is InChI=1S/C19H23N3O4/c20-17(23)16(19-8-11-5-12(9-19)7-13(6-11)10-19)21-18(24)14-1-3-15(4-2-14)22(25)26/h1-4,11-13,16H,5-10H2,(H2,20,23)(H,21,24)/t11?,12?,13?,16-,19?/m1/s1. The van der Waals surface area contributed by atoms with Crippen molar-refractivity contribution in [2.75, 3.05) is 0 Å². The minimum atomic E-state index is -0.682. The molecule has 0 heterocycles. The summed E-state index contributed by atoms with van der Waals surface area (Å²) in [5, 5.41) is 13.6. The SMILES string of the molecule is NC(=O)[C@@H](NC(=O)c1ccc([N+](=O)[O-])cc1)C12CC3CC(CC(C3)C1)C2. The first-order valence-electron chi connectivity index (χ1n) is 9.21. The summed E-state index contributed by atoms with van der Waals surface area (Å²) in [6.45, 7) is 0. The van der Waals surface area contributed by atoms with Crippen LogP contribution in [-0.4, -0.2) is 22.8 Å². The van der Waals surface area contributed by atoms with Crippen molar-refractivity contribution in [3.05, 3.63) is 39.9 Å². The molecule has 7 nitrogen and oxygen atoms in total. The van der Waals surface area contributed by atoms with Crippen LogP contribution < -0.4 is 11.1 Å². The Kier molecular flexibility index (Phi) is 3.97. The number of rotatable bonds is 5. The molecule has 4 fully saturated rings. The number of nitro benzene ring substituents is 1. The van der Waals surface area contributed by atoms with E-state index in [0.29, 0.717) is 23.3 Å². The molecule has 4 bridgehead atoms. The molecular formula is C19H23N3O4. The van der Waals surface area contributed by atoms with E-state index < -0.39 is 22.8 Å². The zero-order chi connectivity index (χ0) is 18.5. The Morgan fingerprint density at radius 1 is 1.08 bits per heavy atom. The molecule has 4 aliphatic rings. The lowest BCUT2D eigenvalue weighted by molar-refractivity contribution is -0.384. The quantitative estimate of drug-likeness (QED) is 0.622. The summed E-state index contributed by atoms with van der Waals surface area (Å²) < 4.78 is 0. The third-order valence-electron chi connectivity index (χ3n) is 6.60. The van der Waals surface area contributed by atoms with E-state index >= 15 is 0 Å². The Morgan fingerprint density at radius 2 is 1.58 bits per heavy atom. The highest BCUT2D eigenvalue weighted by molar-refractivity contribution is 5.97. The summed E-state index contributed by atoms with van der Waals surface area (Å²) in [6.07, 6.45) is 6.57. The van der Waals surface area contributed by atoms with Crippen LogP contribution >= 0.6 is 0 Å². The van der Waals surface area contributed by atoms with Gasteiger partial charge in [-0.15, -0.1) is 0 Å². The molecule has 0 spiro atoms. The largest absolute Gasteiger partial charge is 0.368 e. The van der Waals surface area contributed by atoms with E-state index in [1.165, 1.54) is 43.5 Å². The molecule has 1 aromatic rings. The second-order valence-corrected chi connectivity index (χ2v) is 8.39. The normalized spacial score (nSPS) is 32.8. The van der Waals surface area contributed by atoms with Crippen LogP contribution in [0.2, 0.25) is 0 Å². The number of primary amides is 1. The Balaban J connectivity index is 1.55. The number of hydrogen-bond acceptors (Lipinski definition) is 4. The van der Waals surface area contributed by atoms with Crippen LogP contribution in [-0.2, 0) is 4.79 Å². The average molecular weight is 357 g/mol. The van der Waals surface area contributed by atoms with Gasteiger partial charge < -0.3 is 11.1 Å². The predicted octanol–water partition coefficient (Wildman–Crippen LogP) is 2.39. The van der Waals surface area contributed by atoms with Crippen LogP contribution in [0.25, 0.3) is 0 Å². The van der Waals surface area contributed by atoms with Gasteiger partial charge in [0.05, 0.1) is 4.92 Å². The van der Waals surface area contributed by atoms with Crippen LogP contribution in [0.4, 0.5) is 5.69 Å². The molecule has 3 N–H and O–H groups in total. The van der Waals surface area contributed by atoms with Crippen LogP contribution in [0, 0.1) is 33.3 Å². The van der Waals surface area contributed by atoms with E-state index in [2.05, 4.69) is 5.32 Å². The number of hydrogen-bond donors (Lipinski definition) is 2.